The first-order chi connectivity index (χ1) is 32.4. The summed E-state index contributed by atoms with van der Waals surface area (Å²) in [5, 5.41) is 12.2. The van der Waals surface area contributed by atoms with Gasteiger partial charge < -0.3 is 47.9 Å². The molecule has 2 saturated heterocycles. The van der Waals surface area contributed by atoms with Gasteiger partial charge in [0, 0.05) is 18.4 Å². The zero-order valence-electron chi connectivity index (χ0n) is 39.1. The van der Waals surface area contributed by atoms with E-state index in [9.17, 15) is 14.4 Å². The number of carbonyl (C=O) groups is 3. The van der Waals surface area contributed by atoms with E-state index in [0.29, 0.717) is 12.3 Å². The monoisotopic (exact) mass is 924 g/mol. The van der Waals surface area contributed by atoms with E-state index in [4.69, 9.17) is 42.6 Å². The first-order valence-corrected chi connectivity index (χ1v) is 23.1. The summed E-state index contributed by atoms with van der Waals surface area (Å²) in [5.74, 6) is -2.21. The number of alkyl carbamates (subject to hydrolysis) is 1. The van der Waals surface area contributed by atoms with Crippen LogP contribution in [0.2, 0.25) is 0 Å². The third-order valence-corrected chi connectivity index (χ3v) is 13.3. The van der Waals surface area contributed by atoms with Crippen LogP contribution in [0.5, 0.6) is 0 Å². The number of nitrogens with zero attached hydrogens (tertiary/aromatic N) is 3. The minimum absolute atomic E-state index is 0.0180. The van der Waals surface area contributed by atoms with Crippen LogP contribution in [0.3, 0.4) is 0 Å². The number of carbonyl (C=O) groups excluding carboxylic acids is 3. The lowest BCUT2D eigenvalue weighted by Crippen LogP contribution is -2.62. The fourth-order valence-electron chi connectivity index (χ4n) is 9.13. The third-order valence-electron chi connectivity index (χ3n) is 13.3. The number of nitrogens with one attached hydrogen (secondary N) is 1. The summed E-state index contributed by atoms with van der Waals surface area (Å²) in [6.07, 6.45) is -3.25. The van der Waals surface area contributed by atoms with E-state index in [2.05, 4.69) is 29.1 Å². The van der Waals surface area contributed by atoms with Crippen LogP contribution in [0.25, 0.3) is 11.3 Å². The molecule has 1 aliphatic carbocycles. The summed E-state index contributed by atoms with van der Waals surface area (Å²) in [7, 11) is 1.35. The Kier molecular flexibility index (Phi) is 17.3. The number of aromatic nitrogens is 3. The molecule has 16 heteroatoms. The van der Waals surface area contributed by atoms with Crippen LogP contribution in [0.4, 0.5) is 4.79 Å². The minimum atomic E-state index is -1.15. The van der Waals surface area contributed by atoms with Crippen LogP contribution in [0, 0.1) is 23.7 Å². The third kappa shape index (κ3) is 12.5. The number of amides is 1. The topological polar surface area (TPSA) is 177 Å². The average molecular weight is 925 g/mol. The number of benzene rings is 3. The van der Waals surface area contributed by atoms with E-state index in [1.807, 2.05) is 118 Å². The van der Waals surface area contributed by atoms with Gasteiger partial charge in [0.05, 0.1) is 68.9 Å². The van der Waals surface area contributed by atoms with E-state index in [1.165, 1.54) is 20.1 Å². The van der Waals surface area contributed by atoms with Crippen molar-refractivity contribution in [2.75, 3.05) is 20.3 Å². The molecule has 3 fully saturated rings. The number of methoxy groups -OCH3 is 1. The van der Waals surface area contributed by atoms with E-state index in [1.54, 1.807) is 4.68 Å². The zero-order valence-corrected chi connectivity index (χ0v) is 39.1. The SMILES string of the molecule is C=CCOC(=O)NC1C(C)[C@@H](C)[C@H](COC(C)=O)O[C@H]1O[C@@H]1CC(C(=O)OC)CC(n2cc(-c3ccccc3)nn2)[C@H]1O[C@@H]1OC(C)[C@@H](C)[C@H](OCc2ccccc2)C1OCc1ccccc1. The molecule has 0 spiro atoms. The van der Waals surface area contributed by atoms with Crippen molar-refractivity contribution in [3.63, 3.8) is 0 Å². The maximum Gasteiger partial charge on any atom is 0.407 e. The largest absolute Gasteiger partial charge is 0.469 e. The van der Waals surface area contributed by atoms with Gasteiger partial charge >= 0.3 is 18.0 Å². The van der Waals surface area contributed by atoms with Crippen LogP contribution < -0.4 is 5.32 Å². The smallest absolute Gasteiger partial charge is 0.407 e. The molecular weight excluding hydrogens is 861 g/mol. The molecule has 67 heavy (non-hydrogen) atoms. The van der Waals surface area contributed by atoms with Crippen molar-refractivity contribution in [2.45, 2.75) is 122 Å². The van der Waals surface area contributed by atoms with Gasteiger partial charge in [0.1, 0.15) is 31.1 Å². The second-order valence-electron chi connectivity index (χ2n) is 17.7. The van der Waals surface area contributed by atoms with E-state index >= 15 is 0 Å². The molecule has 3 heterocycles. The summed E-state index contributed by atoms with van der Waals surface area (Å²) >= 11 is 0. The van der Waals surface area contributed by atoms with Gasteiger partial charge in [0.25, 0.3) is 0 Å². The summed E-state index contributed by atoms with van der Waals surface area (Å²) in [5.41, 5.74) is 3.42. The van der Waals surface area contributed by atoms with Crippen LogP contribution in [0.15, 0.2) is 110 Å². The molecule has 3 aromatic carbocycles. The number of hydrogen-bond donors (Lipinski definition) is 1. The van der Waals surface area contributed by atoms with Gasteiger partial charge in [0.15, 0.2) is 12.6 Å². The summed E-state index contributed by atoms with van der Waals surface area (Å²) in [6.45, 7) is 13.5. The molecule has 2 aliphatic heterocycles. The van der Waals surface area contributed by atoms with Gasteiger partial charge in [-0.2, -0.15) is 0 Å². The molecule has 6 unspecified atom stereocenters. The van der Waals surface area contributed by atoms with Gasteiger partial charge in [-0.1, -0.05) is 130 Å². The Bertz CT molecular complexity index is 2200. The standard InChI is InChI=1S/C51H64N4O12/c1-8-24-60-51(58)52-44-32(3)31(2)43(30-61-35(6)56)66-49(44)65-42-26-39(48(57)59-7)25-41(55-27-40(53-54-55)38-22-16-11-17-23-38)46(42)67-50-47(63-29-37-20-14-10-15-21-37)45(33(4)34(5)64-50)62-28-36-18-12-9-13-19-36/h8-23,27,31-34,39,41-47,49-50H,1,24-26,28-30H2,2-7H3,(H,52,58)/t31-,32?,33-,34?,39?,41?,42-,43+,44?,45+,46-,47?,49-,50+/m1/s1. The predicted octanol–water partition coefficient (Wildman–Crippen LogP) is 7.23. The molecule has 7 rings (SSSR count). The Hall–Kier alpha value is -5.49. The van der Waals surface area contributed by atoms with Crippen molar-refractivity contribution < 1.29 is 57.0 Å². The second kappa shape index (κ2) is 23.5. The first-order valence-electron chi connectivity index (χ1n) is 23.1. The highest BCUT2D eigenvalue weighted by atomic mass is 16.7. The van der Waals surface area contributed by atoms with Crippen LogP contribution in [-0.2, 0) is 65.4 Å². The van der Waals surface area contributed by atoms with Crippen molar-refractivity contribution in [1.29, 1.82) is 0 Å². The van der Waals surface area contributed by atoms with Crippen molar-refractivity contribution >= 4 is 18.0 Å². The van der Waals surface area contributed by atoms with Gasteiger partial charge in [-0.15, -0.1) is 5.10 Å². The zero-order chi connectivity index (χ0) is 47.5. The van der Waals surface area contributed by atoms with Gasteiger partial charge in [-0.05, 0) is 42.7 Å². The highest BCUT2D eigenvalue weighted by Gasteiger charge is 2.52. The molecule has 14 atom stereocenters. The fraction of sp³-hybridized carbons (Fsp3) is 0.510. The first kappa shape index (κ1) is 49.4. The van der Waals surface area contributed by atoms with Crippen molar-refractivity contribution in [3.05, 3.63) is 121 Å². The van der Waals surface area contributed by atoms with Gasteiger partial charge in [-0.25, -0.2) is 9.48 Å². The molecule has 0 radical (unpaired) electrons. The van der Waals surface area contributed by atoms with Crippen molar-refractivity contribution in [1.82, 2.24) is 20.3 Å². The maximum atomic E-state index is 13.7. The van der Waals surface area contributed by atoms with Crippen LogP contribution >= 0.6 is 0 Å². The van der Waals surface area contributed by atoms with Gasteiger partial charge in [-0.3, -0.25) is 9.59 Å². The minimum Gasteiger partial charge on any atom is -0.469 e. The molecule has 1 saturated carbocycles. The second-order valence-corrected chi connectivity index (χ2v) is 17.7. The lowest BCUT2D eigenvalue weighted by atomic mass is 9.80. The Morgan fingerprint density at radius 2 is 1.42 bits per heavy atom. The summed E-state index contributed by atoms with van der Waals surface area (Å²) in [4.78, 5) is 39.0. The average Bonchev–Trinajstić information content (AvgIpc) is 3.84. The number of hydrogen-bond acceptors (Lipinski definition) is 14. The highest BCUT2D eigenvalue weighted by molar-refractivity contribution is 5.72. The maximum absolute atomic E-state index is 13.7. The fourth-order valence-corrected chi connectivity index (χ4v) is 9.13. The van der Waals surface area contributed by atoms with Crippen molar-refractivity contribution in [3.8, 4) is 11.3 Å². The normalized spacial score (nSPS) is 30.7. The molecule has 1 aromatic heterocycles. The number of rotatable bonds is 18. The van der Waals surface area contributed by atoms with Crippen LogP contribution in [0.1, 0.15) is 64.6 Å². The van der Waals surface area contributed by atoms with Crippen LogP contribution in [-0.4, -0.2) is 109 Å². The number of esters is 2. The lowest BCUT2D eigenvalue weighted by molar-refractivity contribution is -0.337. The molecule has 16 nitrogen and oxygen atoms in total. The number of ether oxygens (including phenoxy) is 9. The van der Waals surface area contributed by atoms with E-state index < -0.39 is 79.1 Å². The van der Waals surface area contributed by atoms with E-state index in [0.717, 1.165) is 16.7 Å². The molecule has 0 bridgehead atoms. The highest BCUT2D eigenvalue weighted by Crippen LogP contribution is 2.43. The Labute approximate surface area is 392 Å². The van der Waals surface area contributed by atoms with Crippen molar-refractivity contribution in [2.24, 2.45) is 23.7 Å². The Morgan fingerprint density at radius 1 is 0.776 bits per heavy atom. The molecular formula is C51H64N4O12. The molecule has 360 valence electrons. The molecule has 3 aliphatic rings. The van der Waals surface area contributed by atoms with Gasteiger partial charge in [0.2, 0.25) is 0 Å². The Morgan fingerprint density at radius 3 is 2.04 bits per heavy atom. The predicted molar refractivity (Wildman–Crippen MR) is 245 cm³/mol. The molecule has 4 aromatic rings. The Balaban J connectivity index is 1.29. The molecule has 1 N–H and O–H groups in total. The summed E-state index contributed by atoms with van der Waals surface area (Å²) < 4.78 is 59.4. The van der Waals surface area contributed by atoms with E-state index in [-0.39, 0.29) is 56.5 Å². The quantitative estimate of drug-likeness (QED) is 0.0601. The lowest BCUT2D eigenvalue weighted by Gasteiger charge is -2.49. The molecule has 1 amide bonds. The summed E-state index contributed by atoms with van der Waals surface area (Å²) in [6, 6.07) is 28.0.